The van der Waals surface area contributed by atoms with Crippen LogP contribution in [0.1, 0.15) is 32.6 Å². The molecule has 0 radical (unpaired) electrons. The van der Waals surface area contributed by atoms with E-state index in [1.807, 2.05) is 13.0 Å². The zero-order valence-electron chi connectivity index (χ0n) is 10.3. The van der Waals surface area contributed by atoms with Crippen LogP contribution in [0.15, 0.2) is 0 Å². The maximum Gasteiger partial charge on any atom is 0.310 e. The fourth-order valence-electron chi connectivity index (χ4n) is 3.46. The Morgan fingerprint density at radius 2 is 2.22 bits per heavy atom. The summed E-state index contributed by atoms with van der Waals surface area (Å²) in [5, 5.41) is 11.4. The third kappa shape index (κ3) is 1.67. The molecule has 1 saturated carbocycles. The molecule has 0 aromatic rings. The zero-order valence-corrected chi connectivity index (χ0v) is 10.3. The van der Waals surface area contributed by atoms with Gasteiger partial charge in [0.2, 0.25) is 5.91 Å². The predicted octanol–water partition coefficient (Wildman–Crippen LogP) is 1.27. The van der Waals surface area contributed by atoms with E-state index in [9.17, 15) is 14.9 Å². The van der Waals surface area contributed by atoms with Gasteiger partial charge in [-0.3, -0.25) is 14.9 Å². The Morgan fingerprint density at radius 3 is 2.78 bits per heavy atom. The summed E-state index contributed by atoms with van der Waals surface area (Å²) in [6.07, 6.45) is 3.12. The lowest BCUT2D eigenvalue weighted by Gasteiger charge is -2.43. The Bertz CT molecular complexity index is 440. The number of carbonyl (C=O) groups is 2. The van der Waals surface area contributed by atoms with Crippen molar-refractivity contribution in [2.45, 2.75) is 38.6 Å². The number of nitrogens with one attached hydrogen (secondary N) is 1. The van der Waals surface area contributed by atoms with Gasteiger partial charge in [0.1, 0.15) is 5.92 Å². The highest BCUT2D eigenvalue weighted by Crippen LogP contribution is 2.50. The molecule has 1 spiro atoms. The lowest BCUT2D eigenvalue weighted by atomic mass is 9.58. The van der Waals surface area contributed by atoms with Gasteiger partial charge < -0.3 is 4.85 Å². The van der Waals surface area contributed by atoms with Crippen molar-refractivity contribution in [2.24, 2.45) is 17.3 Å². The van der Waals surface area contributed by atoms with Gasteiger partial charge in [-0.1, -0.05) is 19.8 Å². The van der Waals surface area contributed by atoms with Crippen molar-refractivity contribution in [3.05, 3.63) is 11.4 Å². The molecule has 5 heteroatoms. The van der Waals surface area contributed by atoms with Crippen LogP contribution in [0.4, 0.5) is 0 Å². The molecule has 1 heterocycles. The van der Waals surface area contributed by atoms with Crippen LogP contribution in [0.2, 0.25) is 0 Å². The summed E-state index contributed by atoms with van der Waals surface area (Å²) in [6.45, 7) is 9.28. The molecule has 0 aromatic heterocycles. The van der Waals surface area contributed by atoms with Crippen LogP contribution in [-0.2, 0) is 9.59 Å². The molecule has 5 nitrogen and oxygen atoms in total. The molecule has 94 valence electrons. The first-order valence-electron chi connectivity index (χ1n) is 6.16. The number of amides is 2. The quantitative estimate of drug-likeness (QED) is 0.516. The Hall–Kier alpha value is -1.88. The Balaban J connectivity index is 2.48. The van der Waals surface area contributed by atoms with E-state index >= 15 is 0 Å². The number of imide groups is 1. The number of piperidine rings is 1. The Kier molecular flexibility index (Phi) is 3.09. The summed E-state index contributed by atoms with van der Waals surface area (Å²) >= 11 is 0. The second-order valence-corrected chi connectivity index (χ2v) is 5.38. The molecule has 3 unspecified atom stereocenters. The first-order valence-corrected chi connectivity index (χ1v) is 6.16. The van der Waals surface area contributed by atoms with Crippen LogP contribution in [0.25, 0.3) is 4.85 Å². The van der Waals surface area contributed by atoms with Gasteiger partial charge in [-0.2, -0.15) is 5.26 Å². The minimum absolute atomic E-state index is 0.345. The molecule has 1 aliphatic heterocycles. The lowest BCUT2D eigenvalue weighted by Crippen LogP contribution is -2.61. The highest BCUT2D eigenvalue weighted by Gasteiger charge is 2.61. The van der Waals surface area contributed by atoms with Gasteiger partial charge in [0.25, 0.3) is 0 Å². The van der Waals surface area contributed by atoms with Gasteiger partial charge in [-0.05, 0) is 18.8 Å². The summed E-state index contributed by atoms with van der Waals surface area (Å²) in [7, 11) is 0. The summed E-state index contributed by atoms with van der Waals surface area (Å²) in [5.41, 5.74) is -0.770. The number of nitriles is 1. The van der Waals surface area contributed by atoms with Crippen molar-refractivity contribution >= 4 is 11.8 Å². The molecule has 1 saturated heterocycles. The summed E-state index contributed by atoms with van der Waals surface area (Å²) < 4.78 is 0. The zero-order chi connectivity index (χ0) is 13.3. The van der Waals surface area contributed by atoms with E-state index in [2.05, 4.69) is 10.2 Å². The number of rotatable bonds is 0. The van der Waals surface area contributed by atoms with Crippen molar-refractivity contribution in [1.82, 2.24) is 5.32 Å². The smallest absolute Gasteiger partial charge is 0.302 e. The molecule has 0 aromatic carbocycles. The molecule has 2 fully saturated rings. The Morgan fingerprint density at radius 1 is 1.50 bits per heavy atom. The van der Waals surface area contributed by atoms with Crippen molar-refractivity contribution in [2.75, 3.05) is 0 Å². The molecule has 2 amide bonds. The van der Waals surface area contributed by atoms with Gasteiger partial charge >= 0.3 is 11.9 Å². The van der Waals surface area contributed by atoms with Crippen molar-refractivity contribution < 1.29 is 9.59 Å². The SMILES string of the molecule is [C-]#[N+]C1C(=O)NC(=O)C(C#N)C12CCC[C@@H](C)C2. The second-order valence-electron chi connectivity index (χ2n) is 5.38. The monoisotopic (exact) mass is 245 g/mol. The van der Waals surface area contributed by atoms with Crippen LogP contribution < -0.4 is 5.32 Å². The average Bonchev–Trinajstić information content (AvgIpc) is 2.29. The van der Waals surface area contributed by atoms with Gasteiger partial charge in [0, 0.05) is 0 Å². The van der Waals surface area contributed by atoms with Gasteiger partial charge in [-0.25, -0.2) is 6.57 Å². The van der Waals surface area contributed by atoms with E-state index in [1.54, 1.807) is 0 Å². The van der Waals surface area contributed by atoms with E-state index < -0.39 is 29.2 Å². The molecule has 2 aliphatic rings. The molecule has 4 atom stereocenters. The van der Waals surface area contributed by atoms with Crippen molar-refractivity contribution in [1.29, 1.82) is 5.26 Å². The molecule has 1 aliphatic carbocycles. The summed E-state index contributed by atoms with van der Waals surface area (Å²) in [6, 6.07) is 1.11. The van der Waals surface area contributed by atoms with E-state index in [0.717, 1.165) is 12.8 Å². The van der Waals surface area contributed by atoms with Crippen LogP contribution in [-0.4, -0.2) is 17.9 Å². The molecule has 0 bridgehead atoms. The maximum absolute atomic E-state index is 11.8. The van der Waals surface area contributed by atoms with E-state index in [4.69, 9.17) is 6.57 Å². The number of nitrogens with zero attached hydrogens (tertiary/aromatic N) is 2. The van der Waals surface area contributed by atoms with Crippen LogP contribution in [0.5, 0.6) is 0 Å². The third-order valence-corrected chi connectivity index (χ3v) is 4.20. The average molecular weight is 245 g/mol. The molecular formula is C13H15N3O2. The first kappa shape index (κ1) is 12.6. The number of hydrogen-bond donors (Lipinski definition) is 1. The highest BCUT2D eigenvalue weighted by atomic mass is 16.2. The molecule has 2 rings (SSSR count). The van der Waals surface area contributed by atoms with Crippen LogP contribution >= 0.6 is 0 Å². The fraction of sp³-hybridized carbons (Fsp3) is 0.692. The minimum Gasteiger partial charge on any atom is -0.302 e. The van der Waals surface area contributed by atoms with Crippen LogP contribution in [0.3, 0.4) is 0 Å². The fourth-order valence-corrected chi connectivity index (χ4v) is 3.46. The highest BCUT2D eigenvalue weighted by molar-refractivity contribution is 6.04. The summed E-state index contributed by atoms with van der Waals surface area (Å²) in [5.74, 6) is -1.60. The van der Waals surface area contributed by atoms with E-state index in [0.29, 0.717) is 18.8 Å². The topological polar surface area (TPSA) is 74.3 Å². The Labute approximate surface area is 106 Å². The normalized spacial score (nSPS) is 39.8. The van der Waals surface area contributed by atoms with Crippen LogP contribution in [0, 0.1) is 35.2 Å². The predicted molar refractivity (Wildman–Crippen MR) is 62.7 cm³/mol. The van der Waals surface area contributed by atoms with E-state index in [1.165, 1.54) is 0 Å². The number of carbonyl (C=O) groups excluding carboxylic acids is 2. The molecule has 18 heavy (non-hydrogen) atoms. The van der Waals surface area contributed by atoms with Gasteiger partial charge in [0.15, 0.2) is 0 Å². The van der Waals surface area contributed by atoms with Gasteiger partial charge in [-0.15, -0.1) is 0 Å². The van der Waals surface area contributed by atoms with Crippen molar-refractivity contribution in [3.63, 3.8) is 0 Å². The van der Waals surface area contributed by atoms with Crippen molar-refractivity contribution in [3.8, 4) is 6.07 Å². The largest absolute Gasteiger partial charge is 0.310 e. The lowest BCUT2D eigenvalue weighted by molar-refractivity contribution is -0.144. The standard InChI is InChI=1S/C13H15N3O2/c1-8-4-3-5-13(6-8)9(7-14)11(17)16-12(18)10(13)15-2/h8-10H,3-6H2,1H3,(H,16,17,18)/t8-,9?,10?,13?/m1/s1. The third-order valence-electron chi connectivity index (χ3n) is 4.20. The number of hydrogen-bond acceptors (Lipinski definition) is 3. The summed E-state index contributed by atoms with van der Waals surface area (Å²) in [4.78, 5) is 27.0. The first-order chi connectivity index (χ1) is 8.55. The maximum atomic E-state index is 11.8. The molecular weight excluding hydrogens is 230 g/mol. The molecule has 1 N–H and O–H groups in total. The van der Waals surface area contributed by atoms with E-state index in [-0.39, 0.29) is 0 Å². The second kappa shape index (κ2) is 4.42. The van der Waals surface area contributed by atoms with Gasteiger partial charge in [0.05, 0.1) is 11.5 Å². The minimum atomic E-state index is -0.900.